The fraction of sp³-hybridized carbons (Fsp3) is 0.591. The van der Waals surface area contributed by atoms with Gasteiger partial charge in [0.2, 0.25) is 5.91 Å². The van der Waals surface area contributed by atoms with E-state index >= 15 is 0 Å². The number of halogens is 1. The Hall–Kier alpha value is -1.77. The molecule has 1 fully saturated rings. The molecular formula is C22H34ClN3O4S. The van der Waals surface area contributed by atoms with Crippen molar-refractivity contribution in [1.29, 1.82) is 0 Å². The molecule has 2 rings (SSSR count). The molecule has 9 heteroatoms. The summed E-state index contributed by atoms with van der Waals surface area (Å²) in [5.74, 6) is -0.108. The van der Waals surface area contributed by atoms with Crippen molar-refractivity contribution >= 4 is 29.5 Å². The molecule has 0 aromatic heterocycles. The smallest absolute Gasteiger partial charge is 0.326 e. The summed E-state index contributed by atoms with van der Waals surface area (Å²) in [6, 6.07) is 8.16. The topological polar surface area (TPSA) is 123 Å². The molecule has 1 aromatic rings. The average Bonchev–Trinajstić information content (AvgIpc) is 2.76. The van der Waals surface area contributed by atoms with Crippen LogP contribution in [-0.2, 0) is 20.8 Å². The zero-order valence-corrected chi connectivity index (χ0v) is 19.6. The molecule has 1 aromatic carbocycles. The first-order chi connectivity index (χ1) is 14.4. The van der Waals surface area contributed by atoms with Crippen LogP contribution in [0, 0.1) is 11.8 Å². The van der Waals surface area contributed by atoms with Crippen molar-refractivity contribution in [2.75, 3.05) is 18.6 Å². The number of nitrogens with one attached hydrogen (secondary N) is 2. The number of thioether (sulfide) groups is 1. The Bertz CT molecular complexity index is 699. The first-order valence-electron chi connectivity index (χ1n) is 10.6. The Kier molecular flexibility index (Phi) is 12.6. The van der Waals surface area contributed by atoms with E-state index in [4.69, 9.17) is 0 Å². The van der Waals surface area contributed by atoms with Gasteiger partial charge in [0.1, 0.15) is 6.04 Å². The van der Waals surface area contributed by atoms with E-state index in [1.165, 1.54) is 0 Å². The summed E-state index contributed by atoms with van der Waals surface area (Å²) in [6.45, 7) is 0.615. The van der Waals surface area contributed by atoms with Crippen molar-refractivity contribution in [2.45, 2.75) is 50.6 Å². The van der Waals surface area contributed by atoms with Crippen molar-refractivity contribution in [3.8, 4) is 0 Å². The molecule has 6 N–H and O–H groups in total. The van der Waals surface area contributed by atoms with Crippen LogP contribution in [0.25, 0.3) is 0 Å². The molecule has 0 bridgehead atoms. The number of carbonyl (C=O) groups is 3. The lowest BCUT2D eigenvalue weighted by Gasteiger charge is -2.29. The van der Waals surface area contributed by atoms with E-state index in [0.29, 0.717) is 25.3 Å². The maximum atomic E-state index is 12.6. The molecule has 1 aliphatic carbocycles. The second-order valence-electron chi connectivity index (χ2n) is 8.03. The number of carboxylic acids is 1. The number of carboxylic acid groups (broad SMARTS) is 1. The highest BCUT2D eigenvalue weighted by Crippen LogP contribution is 2.28. The third-order valence-corrected chi connectivity index (χ3v) is 6.36. The van der Waals surface area contributed by atoms with E-state index in [9.17, 15) is 19.5 Å². The summed E-state index contributed by atoms with van der Waals surface area (Å²) in [7, 11) is 0. The van der Waals surface area contributed by atoms with Crippen LogP contribution in [0.3, 0.4) is 0 Å². The van der Waals surface area contributed by atoms with Crippen LogP contribution in [0.5, 0.6) is 0 Å². The van der Waals surface area contributed by atoms with Gasteiger partial charge in [0.25, 0.3) is 5.91 Å². The Balaban J connectivity index is 0.00000480. The van der Waals surface area contributed by atoms with E-state index in [1.54, 1.807) is 11.8 Å². The highest BCUT2D eigenvalue weighted by molar-refractivity contribution is 7.98. The predicted octanol–water partition coefficient (Wildman–Crippen LogP) is -1.91. The zero-order chi connectivity index (χ0) is 21.9. The Morgan fingerprint density at radius 2 is 1.81 bits per heavy atom. The van der Waals surface area contributed by atoms with E-state index in [0.717, 1.165) is 30.6 Å². The van der Waals surface area contributed by atoms with Crippen LogP contribution in [0.1, 0.15) is 37.7 Å². The van der Waals surface area contributed by atoms with Crippen molar-refractivity contribution in [2.24, 2.45) is 11.8 Å². The minimum absolute atomic E-state index is 0. The van der Waals surface area contributed by atoms with E-state index < -0.39 is 12.0 Å². The maximum absolute atomic E-state index is 12.6. The SMILES string of the molecule is CSCC[C@H]([NH3+])C(=O)NCC1CCC(C(=O)N[C@@H](Cc2ccccc2)C(=O)O)CC1.[Cl-]. The lowest BCUT2D eigenvalue weighted by molar-refractivity contribution is -0.403. The van der Waals surface area contributed by atoms with Crippen LogP contribution in [0.4, 0.5) is 0 Å². The summed E-state index contributed by atoms with van der Waals surface area (Å²) >= 11 is 1.71. The fourth-order valence-corrected chi connectivity index (χ4v) is 4.27. The van der Waals surface area contributed by atoms with Crippen molar-refractivity contribution in [1.82, 2.24) is 10.6 Å². The molecule has 7 nitrogen and oxygen atoms in total. The van der Waals surface area contributed by atoms with Gasteiger partial charge in [-0.05, 0) is 49.2 Å². The normalized spacial score (nSPS) is 20.1. The fourth-order valence-electron chi connectivity index (χ4n) is 3.75. The number of hydrogen-bond acceptors (Lipinski definition) is 4. The number of benzene rings is 1. The first kappa shape index (κ1) is 27.3. The van der Waals surface area contributed by atoms with Gasteiger partial charge in [-0.25, -0.2) is 4.79 Å². The molecule has 1 saturated carbocycles. The summed E-state index contributed by atoms with van der Waals surface area (Å²) < 4.78 is 0. The quantitative estimate of drug-likeness (QED) is 0.300. The molecular weight excluding hydrogens is 438 g/mol. The van der Waals surface area contributed by atoms with Gasteiger partial charge in [0, 0.05) is 25.3 Å². The number of hydrogen-bond donors (Lipinski definition) is 4. The van der Waals surface area contributed by atoms with Gasteiger partial charge in [-0.3, -0.25) is 9.59 Å². The van der Waals surface area contributed by atoms with Gasteiger partial charge in [0.05, 0.1) is 0 Å². The first-order valence-corrected chi connectivity index (χ1v) is 12.0. The van der Waals surface area contributed by atoms with Gasteiger partial charge in [-0.1, -0.05) is 30.3 Å². The lowest BCUT2D eigenvalue weighted by Crippen LogP contribution is -3.00. The average molecular weight is 472 g/mol. The van der Waals surface area contributed by atoms with Gasteiger partial charge in [-0.2, -0.15) is 11.8 Å². The van der Waals surface area contributed by atoms with Gasteiger partial charge in [-0.15, -0.1) is 0 Å². The van der Waals surface area contributed by atoms with Crippen molar-refractivity contribution in [3.63, 3.8) is 0 Å². The van der Waals surface area contributed by atoms with E-state index in [-0.39, 0.29) is 42.6 Å². The minimum Gasteiger partial charge on any atom is -1.00 e. The Morgan fingerprint density at radius 1 is 1.16 bits per heavy atom. The number of quaternary nitrogens is 1. The zero-order valence-electron chi connectivity index (χ0n) is 18.0. The Morgan fingerprint density at radius 3 is 2.39 bits per heavy atom. The minimum atomic E-state index is -1.02. The van der Waals surface area contributed by atoms with Crippen LogP contribution >= 0.6 is 11.8 Å². The number of amides is 2. The van der Waals surface area contributed by atoms with Gasteiger partial charge < -0.3 is 33.9 Å². The number of aliphatic carboxylic acids is 1. The summed E-state index contributed by atoms with van der Waals surface area (Å²) in [5, 5.41) is 15.2. The highest BCUT2D eigenvalue weighted by atomic mass is 35.5. The lowest BCUT2D eigenvalue weighted by atomic mass is 9.81. The van der Waals surface area contributed by atoms with Crippen molar-refractivity contribution < 1.29 is 37.6 Å². The molecule has 1 aliphatic rings. The third kappa shape index (κ3) is 9.49. The number of carbonyl (C=O) groups excluding carboxylic acids is 2. The molecule has 31 heavy (non-hydrogen) atoms. The molecule has 0 aliphatic heterocycles. The van der Waals surface area contributed by atoms with Crippen LogP contribution in [-0.4, -0.2) is 53.5 Å². The summed E-state index contributed by atoms with van der Waals surface area (Å²) in [5.41, 5.74) is 4.80. The molecule has 0 heterocycles. The van der Waals surface area contributed by atoms with Gasteiger partial charge in [0.15, 0.2) is 6.04 Å². The molecule has 2 amide bonds. The van der Waals surface area contributed by atoms with Crippen molar-refractivity contribution in [3.05, 3.63) is 35.9 Å². The van der Waals surface area contributed by atoms with E-state index in [2.05, 4.69) is 16.4 Å². The molecule has 0 radical (unpaired) electrons. The Labute approximate surface area is 194 Å². The molecule has 0 spiro atoms. The molecule has 0 saturated heterocycles. The highest BCUT2D eigenvalue weighted by Gasteiger charge is 2.30. The predicted molar refractivity (Wildman–Crippen MR) is 118 cm³/mol. The second-order valence-corrected chi connectivity index (χ2v) is 9.02. The monoisotopic (exact) mass is 471 g/mol. The van der Waals surface area contributed by atoms with Crippen LogP contribution in [0.2, 0.25) is 0 Å². The summed E-state index contributed by atoms with van der Waals surface area (Å²) in [6.07, 6.45) is 6.18. The van der Waals surface area contributed by atoms with E-state index in [1.807, 2.05) is 36.6 Å². The largest absolute Gasteiger partial charge is 1.00 e. The third-order valence-electron chi connectivity index (χ3n) is 5.72. The molecule has 2 atom stereocenters. The molecule has 174 valence electrons. The second kappa shape index (κ2) is 14.3. The van der Waals surface area contributed by atoms with Crippen LogP contribution < -0.4 is 28.8 Å². The number of rotatable bonds is 11. The van der Waals surface area contributed by atoms with Gasteiger partial charge >= 0.3 is 5.97 Å². The summed E-state index contributed by atoms with van der Waals surface area (Å²) in [4.78, 5) is 36.3. The molecule has 0 unspecified atom stereocenters. The maximum Gasteiger partial charge on any atom is 0.326 e. The van der Waals surface area contributed by atoms with Crippen LogP contribution in [0.15, 0.2) is 30.3 Å². The standard InChI is InChI=1S/C22H33N3O4S.ClH/c1-30-12-11-18(23)21(27)24-14-16-7-9-17(10-8-16)20(26)25-19(22(28)29)13-15-5-3-2-4-6-15;/h2-6,16-19H,7-14,23H2,1H3,(H,24,27)(H,25,26)(H,28,29);1H/t16?,17?,18-,19-;/m0./s1.